The number of carbonyl (C=O) groups excluding carboxylic acids is 3. The standard InChI is InChI=1S/C22H23N3O6/c1-11-7-6-8-15-18(11)23-10-25(21(15)28)9-16(26)31-14(4)20(27)19-12(2)17(13(3)24-19)22(29)30-5/h6-8,10,14,24H,9H2,1-5H3. The minimum absolute atomic E-state index is 0.165. The number of hydrogen-bond donors (Lipinski definition) is 1. The first-order valence-corrected chi connectivity index (χ1v) is 9.61. The molecule has 0 fully saturated rings. The summed E-state index contributed by atoms with van der Waals surface area (Å²) in [6, 6.07) is 5.23. The van der Waals surface area contributed by atoms with Crippen molar-refractivity contribution >= 4 is 28.6 Å². The number of methoxy groups -OCH3 is 1. The predicted octanol–water partition coefficient (Wildman–Crippen LogP) is 2.25. The Kier molecular flexibility index (Phi) is 6.05. The van der Waals surface area contributed by atoms with Crippen molar-refractivity contribution in [3.63, 3.8) is 0 Å². The zero-order valence-electron chi connectivity index (χ0n) is 17.9. The van der Waals surface area contributed by atoms with Crippen LogP contribution in [0.2, 0.25) is 0 Å². The Morgan fingerprint density at radius 2 is 1.90 bits per heavy atom. The zero-order chi connectivity index (χ0) is 22.9. The van der Waals surface area contributed by atoms with Gasteiger partial charge in [-0.15, -0.1) is 0 Å². The van der Waals surface area contributed by atoms with Gasteiger partial charge in [-0.25, -0.2) is 9.78 Å². The smallest absolute Gasteiger partial charge is 0.339 e. The van der Waals surface area contributed by atoms with Crippen molar-refractivity contribution < 1.29 is 23.9 Å². The van der Waals surface area contributed by atoms with E-state index in [4.69, 9.17) is 9.47 Å². The Hall–Kier alpha value is -3.75. The molecule has 1 unspecified atom stereocenters. The van der Waals surface area contributed by atoms with Crippen LogP contribution in [0, 0.1) is 20.8 Å². The van der Waals surface area contributed by atoms with E-state index in [9.17, 15) is 19.2 Å². The lowest BCUT2D eigenvalue weighted by atomic mass is 10.1. The van der Waals surface area contributed by atoms with Gasteiger partial charge < -0.3 is 14.5 Å². The Balaban J connectivity index is 1.76. The highest BCUT2D eigenvalue weighted by molar-refractivity contribution is 6.03. The fourth-order valence-electron chi connectivity index (χ4n) is 3.49. The number of aromatic nitrogens is 3. The van der Waals surface area contributed by atoms with Gasteiger partial charge in [-0.1, -0.05) is 12.1 Å². The summed E-state index contributed by atoms with van der Waals surface area (Å²) in [4.78, 5) is 56.8. The van der Waals surface area contributed by atoms with Crippen LogP contribution in [0.15, 0.2) is 29.3 Å². The van der Waals surface area contributed by atoms with E-state index in [1.807, 2.05) is 13.0 Å². The molecule has 0 saturated carbocycles. The van der Waals surface area contributed by atoms with Crippen LogP contribution in [0.4, 0.5) is 0 Å². The minimum Gasteiger partial charge on any atom is -0.465 e. The Labute approximate surface area is 178 Å². The summed E-state index contributed by atoms with van der Waals surface area (Å²) in [5.41, 5.74) is 2.39. The summed E-state index contributed by atoms with van der Waals surface area (Å²) < 4.78 is 11.1. The molecule has 3 rings (SSSR count). The maximum Gasteiger partial charge on any atom is 0.339 e. The lowest BCUT2D eigenvalue weighted by Gasteiger charge is -2.13. The number of carbonyl (C=O) groups is 3. The molecule has 1 atom stereocenters. The van der Waals surface area contributed by atoms with Gasteiger partial charge in [0.05, 0.1) is 35.6 Å². The quantitative estimate of drug-likeness (QED) is 0.475. The molecule has 0 amide bonds. The number of rotatable bonds is 6. The molecule has 162 valence electrons. The van der Waals surface area contributed by atoms with Gasteiger partial charge in [0.25, 0.3) is 5.56 Å². The van der Waals surface area contributed by atoms with Crippen molar-refractivity contribution in [1.29, 1.82) is 0 Å². The summed E-state index contributed by atoms with van der Waals surface area (Å²) in [5, 5.41) is 0.396. The van der Waals surface area contributed by atoms with Crippen LogP contribution in [0.5, 0.6) is 0 Å². The second kappa shape index (κ2) is 8.55. The number of ether oxygens (including phenoxy) is 2. The molecule has 31 heavy (non-hydrogen) atoms. The third-order valence-corrected chi connectivity index (χ3v) is 5.11. The second-order valence-electron chi connectivity index (χ2n) is 7.26. The molecule has 9 heteroatoms. The van der Waals surface area contributed by atoms with Crippen LogP contribution in [0.25, 0.3) is 10.9 Å². The van der Waals surface area contributed by atoms with Crippen LogP contribution in [-0.2, 0) is 20.8 Å². The molecule has 0 saturated heterocycles. The summed E-state index contributed by atoms with van der Waals surface area (Å²) in [6.07, 6.45) is 0.160. The Morgan fingerprint density at radius 1 is 1.19 bits per heavy atom. The molecule has 3 aromatic rings. The van der Waals surface area contributed by atoms with E-state index in [2.05, 4.69) is 9.97 Å². The van der Waals surface area contributed by atoms with Crippen LogP contribution in [0.3, 0.4) is 0 Å². The lowest BCUT2D eigenvalue weighted by molar-refractivity contribution is -0.147. The number of Topliss-reactive ketones (excluding diaryl/α,β-unsaturated/α-hetero) is 1. The largest absolute Gasteiger partial charge is 0.465 e. The average Bonchev–Trinajstić information content (AvgIpc) is 3.03. The van der Waals surface area contributed by atoms with Gasteiger partial charge in [-0.05, 0) is 44.9 Å². The Morgan fingerprint density at radius 3 is 2.58 bits per heavy atom. The van der Waals surface area contributed by atoms with Gasteiger partial charge >= 0.3 is 11.9 Å². The number of aryl methyl sites for hydroxylation is 2. The fourth-order valence-corrected chi connectivity index (χ4v) is 3.49. The molecule has 9 nitrogen and oxygen atoms in total. The highest BCUT2D eigenvalue weighted by atomic mass is 16.5. The molecule has 1 N–H and O–H groups in total. The van der Waals surface area contributed by atoms with Crippen molar-refractivity contribution in [2.24, 2.45) is 0 Å². The maximum absolute atomic E-state index is 12.8. The van der Waals surface area contributed by atoms with Crippen molar-refractivity contribution in [3.8, 4) is 0 Å². The number of ketones is 1. The summed E-state index contributed by atoms with van der Waals surface area (Å²) in [7, 11) is 1.25. The molecule has 0 aliphatic heterocycles. The number of benzene rings is 1. The van der Waals surface area contributed by atoms with E-state index < -0.39 is 23.8 Å². The third-order valence-electron chi connectivity index (χ3n) is 5.11. The number of aromatic amines is 1. The first-order chi connectivity index (χ1) is 14.6. The number of H-pyrrole nitrogens is 1. The predicted molar refractivity (Wildman–Crippen MR) is 112 cm³/mol. The van der Waals surface area contributed by atoms with Gasteiger partial charge in [0, 0.05) is 5.69 Å². The van der Waals surface area contributed by atoms with Crippen LogP contribution in [-0.4, -0.2) is 45.5 Å². The van der Waals surface area contributed by atoms with Crippen LogP contribution >= 0.6 is 0 Å². The van der Waals surface area contributed by atoms with E-state index in [1.165, 1.54) is 20.4 Å². The van der Waals surface area contributed by atoms with Crippen molar-refractivity contribution in [1.82, 2.24) is 14.5 Å². The molecule has 0 aliphatic rings. The number of esters is 2. The maximum atomic E-state index is 12.8. The number of fused-ring (bicyclic) bond motifs is 1. The van der Waals surface area contributed by atoms with Crippen LogP contribution < -0.4 is 5.56 Å². The molecule has 2 heterocycles. The number of para-hydroxylation sites is 1. The van der Waals surface area contributed by atoms with E-state index in [1.54, 1.807) is 26.0 Å². The Bertz CT molecular complexity index is 1250. The first kappa shape index (κ1) is 21.9. The van der Waals surface area contributed by atoms with Gasteiger partial charge in [0.2, 0.25) is 5.78 Å². The van der Waals surface area contributed by atoms with Gasteiger partial charge in [0.1, 0.15) is 6.54 Å². The molecular formula is C22H23N3O6. The lowest BCUT2D eigenvalue weighted by Crippen LogP contribution is -2.30. The highest BCUT2D eigenvalue weighted by Crippen LogP contribution is 2.21. The molecular weight excluding hydrogens is 402 g/mol. The van der Waals surface area contributed by atoms with E-state index in [-0.39, 0.29) is 23.4 Å². The van der Waals surface area contributed by atoms with Gasteiger partial charge in [-0.3, -0.25) is 19.0 Å². The minimum atomic E-state index is -1.12. The molecule has 0 radical (unpaired) electrons. The number of hydrogen-bond acceptors (Lipinski definition) is 7. The van der Waals surface area contributed by atoms with Crippen molar-refractivity contribution in [2.75, 3.05) is 7.11 Å². The summed E-state index contributed by atoms with van der Waals surface area (Å²) >= 11 is 0. The normalized spacial score (nSPS) is 11.9. The van der Waals surface area contributed by atoms with Gasteiger partial charge in [0.15, 0.2) is 6.10 Å². The second-order valence-corrected chi connectivity index (χ2v) is 7.26. The fraction of sp³-hybridized carbons (Fsp3) is 0.318. The molecule has 2 aromatic heterocycles. The van der Waals surface area contributed by atoms with E-state index in [0.29, 0.717) is 22.2 Å². The monoisotopic (exact) mass is 425 g/mol. The van der Waals surface area contributed by atoms with Crippen molar-refractivity contribution in [3.05, 3.63) is 63.0 Å². The van der Waals surface area contributed by atoms with Gasteiger partial charge in [-0.2, -0.15) is 0 Å². The number of nitrogens with zero attached hydrogens (tertiary/aromatic N) is 2. The SMILES string of the molecule is COC(=O)c1c(C)[nH]c(C(=O)C(C)OC(=O)Cn2cnc3c(C)cccc3c2=O)c1C. The highest BCUT2D eigenvalue weighted by Gasteiger charge is 2.27. The van der Waals surface area contributed by atoms with E-state index in [0.717, 1.165) is 10.1 Å². The van der Waals surface area contributed by atoms with E-state index >= 15 is 0 Å². The molecule has 0 spiro atoms. The zero-order valence-corrected chi connectivity index (χ0v) is 17.9. The van der Waals surface area contributed by atoms with Crippen LogP contribution in [0.1, 0.15) is 44.6 Å². The molecule has 0 bridgehead atoms. The third kappa shape index (κ3) is 4.11. The molecule has 1 aromatic carbocycles. The number of nitrogens with one attached hydrogen (secondary N) is 1. The first-order valence-electron chi connectivity index (χ1n) is 9.61. The summed E-state index contributed by atoms with van der Waals surface area (Å²) in [6.45, 7) is 6.14. The summed E-state index contributed by atoms with van der Waals surface area (Å²) in [5.74, 6) is -1.82. The topological polar surface area (TPSA) is 120 Å². The molecule has 0 aliphatic carbocycles. The average molecular weight is 425 g/mol. The van der Waals surface area contributed by atoms with Crippen molar-refractivity contribution in [2.45, 2.75) is 40.3 Å².